The van der Waals surface area contributed by atoms with Crippen molar-refractivity contribution in [2.75, 3.05) is 13.6 Å². The van der Waals surface area contributed by atoms with Gasteiger partial charge in [0.15, 0.2) is 0 Å². The molecule has 0 aliphatic carbocycles. The first-order valence-corrected chi connectivity index (χ1v) is 7.04. The third kappa shape index (κ3) is 3.31. The lowest BCUT2D eigenvalue weighted by Crippen LogP contribution is -2.31. The van der Waals surface area contributed by atoms with Crippen molar-refractivity contribution in [2.45, 2.75) is 31.4 Å². The van der Waals surface area contributed by atoms with E-state index in [1.807, 2.05) is 0 Å². The van der Waals surface area contributed by atoms with Gasteiger partial charge in [0.1, 0.15) is 5.56 Å². The Balaban J connectivity index is 3.10. The molecule has 0 saturated heterocycles. The third-order valence-corrected chi connectivity index (χ3v) is 4.43. The summed E-state index contributed by atoms with van der Waals surface area (Å²) >= 11 is 0. The molecular weight excluding hydrogens is 274 g/mol. The van der Waals surface area contributed by atoms with Gasteiger partial charge in [-0.25, -0.2) is 13.2 Å². The van der Waals surface area contributed by atoms with Gasteiger partial charge in [-0.05, 0) is 20.3 Å². The number of aromatic nitrogens is 2. The zero-order valence-corrected chi connectivity index (χ0v) is 11.7. The average Bonchev–Trinajstić information content (AvgIpc) is 2.68. The zero-order valence-electron chi connectivity index (χ0n) is 10.9. The van der Waals surface area contributed by atoms with Crippen LogP contribution in [0.4, 0.5) is 0 Å². The number of aromatic carboxylic acids is 1. The van der Waals surface area contributed by atoms with Gasteiger partial charge in [0.25, 0.3) is 10.0 Å². The summed E-state index contributed by atoms with van der Waals surface area (Å²) in [5.74, 6) is -1.35. The lowest BCUT2D eigenvalue weighted by Gasteiger charge is -2.16. The molecule has 108 valence electrons. The summed E-state index contributed by atoms with van der Waals surface area (Å²) in [6.45, 7) is 3.05. The molecule has 1 heterocycles. The van der Waals surface area contributed by atoms with Crippen LogP contribution in [0.15, 0.2) is 5.03 Å². The van der Waals surface area contributed by atoms with Crippen LogP contribution in [-0.4, -0.2) is 58.8 Å². The number of hydrogen-bond donors (Lipinski definition) is 3. The monoisotopic (exact) mass is 291 g/mol. The Bertz CT molecular complexity index is 564. The van der Waals surface area contributed by atoms with E-state index in [1.54, 1.807) is 6.92 Å². The fourth-order valence-electron chi connectivity index (χ4n) is 1.48. The molecule has 0 aliphatic heterocycles. The second-order valence-corrected chi connectivity index (χ2v) is 6.26. The van der Waals surface area contributed by atoms with Gasteiger partial charge < -0.3 is 10.2 Å². The molecular formula is C10H17N3O5S. The van der Waals surface area contributed by atoms with Crippen LogP contribution < -0.4 is 0 Å². The quantitative estimate of drug-likeness (QED) is 0.667. The molecule has 9 heteroatoms. The highest BCUT2D eigenvalue weighted by atomic mass is 32.2. The number of aliphatic hydroxyl groups is 1. The SMILES string of the molecule is Cc1[nH]nc(S(=O)(=O)N(C)CCC(C)O)c1C(=O)O. The third-order valence-electron chi connectivity index (χ3n) is 2.64. The first kappa shape index (κ1) is 15.6. The Hall–Kier alpha value is -1.45. The van der Waals surface area contributed by atoms with E-state index in [2.05, 4.69) is 10.2 Å². The molecule has 1 unspecified atom stereocenters. The van der Waals surface area contributed by atoms with Gasteiger partial charge in [0, 0.05) is 19.3 Å². The summed E-state index contributed by atoms with van der Waals surface area (Å²) in [6.07, 6.45) is -0.390. The molecule has 0 bridgehead atoms. The minimum absolute atomic E-state index is 0.0744. The number of carbonyl (C=O) groups is 1. The Morgan fingerprint density at radius 2 is 2.11 bits per heavy atom. The van der Waals surface area contributed by atoms with E-state index in [1.165, 1.54) is 14.0 Å². The number of rotatable bonds is 6. The summed E-state index contributed by atoms with van der Waals surface area (Å²) in [6, 6.07) is 0. The molecule has 0 aliphatic rings. The normalized spacial score (nSPS) is 13.7. The molecule has 0 aromatic carbocycles. The number of aromatic amines is 1. The molecule has 1 aromatic heterocycles. The van der Waals surface area contributed by atoms with Crippen LogP contribution in [0, 0.1) is 6.92 Å². The van der Waals surface area contributed by atoms with Crippen LogP contribution in [0.2, 0.25) is 0 Å². The first-order chi connectivity index (χ1) is 8.67. The number of nitrogens with zero attached hydrogens (tertiary/aromatic N) is 2. The second kappa shape index (κ2) is 5.68. The largest absolute Gasteiger partial charge is 0.478 e. The summed E-state index contributed by atoms with van der Waals surface area (Å²) in [5, 5.41) is 23.6. The molecule has 19 heavy (non-hydrogen) atoms. The average molecular weight is 291 g/mol. The summed E-state index contributed by atoms with van der Waals surface area (Å²) in [7, 11) is -2.68. The molecule has 1 atom stereocenters. The Morgan fingerprint density at radius 1 is 1.53 bits per heavy atom. The molecule has 1 rings (SSSR count). The molecule has 3 N–H and O–H groups in total. The van der Waals surface area contributed by atoms with E-state index in [0.717, 1.165) is 4.31 Å². The maximum absolute atomic E-state index is 12.2. The molecule has 0 amide bonds. The first-order valence-electron chi connectivity index (χ1n) is 5.60. The zero-order chi connectivity index (χ0) is 14.8. The number of aliphatic hydroxyl groups excluding tert-OH is 1. The van der Waals surface area contributed by atoms with Crippen LogP contribution >= 0.6 is 0 Å². The standard InChI is InChI=1S/C10H17N3O5S/c1-6(14)4-5-13(3)19(17,18)9-8(10(15)16)7(2)11-12-9/h6,14H,4-5H2,1-3H3,(H,11,12)(H,15,16). The van der Waals surface area contributed by atoms with Crippen molar-refractivity contribution in [1.29, 1.82) is 0 Å². The smallest absolute Gasteiger partial charge is 0.340 e. The van der Waals surface area contributed by atoms with Crippen LogP contribution in [0.5, 0.6) is 0 Å². The highest BCUT2D eigenvalue weighted by molar-refractivity contribution is 7.89. The van der Waals surface area contributed by atoms with Gasteiger partial charge >= 0.3 is 5.97 Å². The minimum atomic E-state index is -3.99. The maximum Gasteiger partial charge on any atom is 0.340 e. The van der Waals surface area contributed by atoms with Crippen LogP contribution in [-0.2, 0) is 10.0 Å². The van der Waals surface area contributed by atoms with Crippen molar-refractivity contribution in [3.8, 4) is 0 Å². The van der Waals surface area contributed by atoms with E-state index in [-0.39, 0.29) is 24.2 Å². The van der Waals surface area contributed by atoms with Crippen LogP contribution in [0.3, 0.4) is 0 Å². The van der Waals surface area contributed by atoms with Crippen molar-refractivity contribution >= 4 is 16.0 Å². The number of H-pyrrole nitrogens is 1. The highest BCUT2D eigenvalue weighted by Gasteiger charge is 2.31. The summed E-state index contributed by atoms with van der Waals surface area (Å²) in [5.41, 5.74) is -0.182. The van der Waals surface area contributed by atoms with E-state index in [4.69, 9.17) is 10.2 Å². The molecule has 8 nitrogen and oxygen atoms in total. The van der Waals surface area contributed by atoms with Gasteiger partial charge in [-0.1, -0.05) is 0 Å². The summed E-state index contributed by atoms with van der Waals surface area (Å²) in [4.78, 5) is 11.1. The lowest BCUT2D eigenvalue weighted by atomic mass is 10.3. The fourth-order valence-corrected chi connectivity index (χ4v) is 2.78. The van der Waals surface area contributed by atoms with Gasteiger partial charge in [0.2, 0.25) is 5.03 Å². The van der Waals surface area contributed by atoms with Gasteiger partial charge in [-0.2, -0.15) is 9.40 Å². The van der Waals surface area contributed by atoms with Crippen molar-refractivity contribution in [3.63, 3.8) is 0 Å². The second-order valence-electron chi connectivity index (χ2n) is 4.30. The number of hydrogen-bond acceptors (Lipinski definition) is 5. The van der Waals surface area contributed by atoms with Gasteiger partial charge in [0.05, 0.1) is 6.10 Å². The van der Waals surface area contributed by atoms with Crippen LogP contribution in [0.25, 0.3) is 0 Å². The van der Waals surface area contributed by atoms with E-state index >= 15 is 0 Å². The molecule has 0 radical (unpaired) electrons. The minimum Gasteiger partial charge on any atom is -0.478 e. The van der Waals surface area contributed by atoms with Crippen LogP contribution in [0.1, 0.15) is 29.4 Å². The number of carboxylic acids is 1. The Morgan fingerprint density at radius 3 is 2.58 bits per heavy atom. The maximum atomic E-state index is 12.2. The molecule has 0 saturated carbocycles. The van der Waals surface area contributed by atoms with Gasteiger partial charge in [-0.15, -0.1) is 0 Å². The Labute approximate surface area is 111 Å². The number of nitrogens with one attached hydrogen (secondary N) is 1. The lowest BCUT2D eigenvalue weighted by molar-refractivity contribution is 0.0691. The van der Waals surface area contributed by atoms with Crippen molar-refractivity contribution in [2.24, 2.45) is 0 Å². The predicted molar refractivity (Wildman–Crippen MR) is 66.4 cm³/mol. The highest BCUT2D eigenvalue weighted by Crippen LogP contribution is 2.19. The number of aryl methyl sites for hydroxylation is 1. The number of carboxylic acid groups (broad SMARTS) is 1. The molecule has 0 spiro atoms. The fraction of sp³-hybridized carbons (Fsp3) is 0.600. The Kier molecular flexibility index (Phi) is 4.66. The predicted octanol–water partition coefficient (Wildman–Crippen LogP) is -0.192. The molecule has 1 aromatic rings. The van der Waals surface area contributed by atoms with Crippen molar-refractivity contribution < 1.29 is 23.4 Å². The topological polar surface area (TPSA) is 124 Å². The molecule has 0 fully saturated rings. The van der Waals surface area contributed by atoms with E-state index < -0.39 is 27.1 Å². The summed E-state index contributed by atoms with van der Waals surface area (Å²) < 4.78 is 25.3. The van der Waals surface area contributed by atoms with Crippen molar-refractivity contribution in [1.82, 2.24) is 14.5 Å². The van der Waals surface area contributed by atoms with E-state index in [0.29, 0.717) is 0 Å². The number of sulfonamides is 1. The van der Waals surface area contributed by atoms with Crippen molar-refractivity contribution in [3.05, 3.63) is 11.3 Å². The van der Waals surface area contributed by atoms with E-state index in [9.17, 15) is 13.2 Å². The van der Waals surface area contributed by atoms with Gasteiger partial charge in [-0.3, -0.25) is 5.10 Å².